The molecule has 0 aliphatic rings. The number of halogens is 2. The number of rotatable bonds is 6. The van der Waals surface area contributed by atoms with Crippen molar-refractivity contribution in [1.82, 2.24) is 10.6 Å². The number of likely N-dealkylation sites (N-methyl/N-ethyl adjacent to an activating group) is 1. The van der Waals surface area contributed by atoms with Crippen molar-refractivity contribution >= 4 is 27.1 Å². The number of carbonyl (C=O) groups is 1. The third-order valence-corrected chi connectivity index (χ3v) is 4.50. The fourth-order valence-corrected chi connectivity index (χ4v) is 3.25. The third kappa shape index (κ3) is 3.24. The topological polar surface area (TPSA) is 75.3 Å². The van der Waals surface area contributed by atoms with Crippen molar-refractivity contribution in [2.45, 2.75) is 10.7 Å². The Hall–Kier alpha value is -1.06. The molecule has 0 unspecified atom stereocenters. The van der Waals surface area contributed by atoms with Crippen LogP contribution in [0.25, 0.3) is 0 Å². The van der Waals surface area contributed by atoms with Gasteiger partial charge in [0.05, 0.1) is 4.90 Å². The van der Waals surface area contributed by atoms with Crippen LogP contribution < -0.4 is 10.6 Å². The van der Waals surface area contributed by atoms with Crippen molar-refractivity contribution in [3.8, 4) is 0 Å². The van der Waals surface area contributed by atoms with Gasteiger partial charge in [-0.3, -0.25) is 4.79 Å². The van der Waals surface area contributed by atoms with Crippen LogP contribution in [0, 0.1) is 0 Å². The normalized spacial score (nSPS) is 11.8. The van der Waals surface area contributed by atoms with E-state index >= 15 is 0 Å². The van der Waals surface area contributed by atoms with Gasteiger partial charge in [-0.2, -0.15) is 8.78 Å². The van der Waals surface area contributed by atoms with Crippen molar-refractivity contribution in [2.75, 3.05) is 20.1 Å². The minimum Gasteiger partial charge on any atom is -0.350 e. The number of nitrogens with one attached hydrogen (secondary N) is 2. The Kier molecular flexibility index (Phi) is 5.17. The standard InChI is InChI=1S/C9H12F2N2O3S2/c1-12-3-4-13-8(14)7-6(2-5-17-7)18(15,16)9(10)11/h2,5,9,12H,3-4H2,1H3,(H,13,14). The van der Waals surface area contributed by atoms with E-state index in [9.17, 15) is 22.0 Å². The molecule has 0 saturated heterocycles. The van der Waals surface area contributed by atoms with Gasteiger partial charge in [-0.1, -0.05) is 0 Å². The molecule has 1 aromatic heterocycles. The zero-order valence-corrected chi connectivity index (χ0v) is 11.1. The van der Waals surface area contributed by atoms with E-state index in [4.69, 9.17) is 0 Å². The number of thiophene rings is 1. The van der Waals surface area contributed by atoms with Crippen molar-refractivity contribution in [1.29, 1.82) is 0 Å². The maximum atomic E-state index is 12.4. The van der Waals surface area contributed by atoms with Crippen LogP contribution in [0.3, 0.4) is 0 Å². The summed E-state index contributed by atoms with van der Waals surface area (Å²) in [7, 11) is -3.05. The lowest BCUT2D eigenvalue weighted by Gasteiger charge is -2.06. The van der Waals surface area contributed by atoms with Gasteiger partial charge in [-0.15, -0.1) is 11.3 Å². The second-order valence-electron chi connectivity index (χ2n) is 3.28. The molecule has 1 aromatic rings. The van der Waals surface area contributed by atoms with Gasteiger partial charge in [0, 0.05) is 13.1 Å². The van der Waals surface area contributed by atoms with Crippen LogP contribution >= 0.6 is 11.3 Å². The molecule has 0 radical (unpaired) electrons. The molecule has 18 heavy (non-hydrogen) atoms. The zero-order valence-electron chi connectivity index (χ0n) is 9.44. The second kappa shape index (κ2) is 6.21. The summed E-state index contributed by atoms with van der Waals surface area (Å²) < 4.78 is 47.4. The van der Waals surface area contributed by atoms with Crippen molar-refractivity contribution in [2.24, 2.45) is 0 Å². The van der Waals surface area contributed by atoms with Gasteiger partial charge < -0.3 is 10.6 Å². The van der Waals surface area contributed by atoms with E-state index in [0.29, 0.717) is 6.54 Å². The molecule has 9 heteroatoms. The molecule has 2 N–H and O–H groups in total. The maximum absolute atomic E-state index is 12.4. The Balaban J connectivity index is 2.93. The molecule has 0 aromatic carbocycles. The molecule has 1 heterocycles. The Morgan fingerprint density at radius 2 is 2.11 bits per heavy atom. The highest BCUT2D eigenvalue weighted by molar-refractivity contribution is 7.92. The van der Waals surface area contributed by atoms with Crippen molar-refractivity contribution in [3.05, 3.63) is 16.3 Å². The van der Waals surface area contributed by atoms with Crippen molar-refractivity contribution in [3.63, 3.8) is 0 Å². The molecular formula is C9H12F2N2O3S2. The number of hydrogen-bond acceptors (Lipinski definition) is 5. The number of sulfone groups is 1. The molecule has 1 amide bonds. The summed E-state index contributed by atoms with van der Waals surface area (Å²) in [4.78, 5) is 10.8. The van der Waals surface area contributed by atoms with Crippen LogP contribution in [-0.2, 0) is 9.84 Å². The Morgan fingerprint density at radius 1 is 1.44 bits per heavy atom. The average molecular weight is 298 g/mol. The molecular weight excluding hydrogens is 286 g/mol. The SMILES string of the molecule is CNCCNC(=O)c1sccc1S(=O)(=O)C(F)F. The first-order chi connectivity index (χ1) is 8.41. The maximum Gasteiger partial charge on any atom is 0.341 e. The highest BCUT2D eigenvalue weighted by atomic mass is 32.2. The smallest absolute Gasteiger partial charge is 0.341 e. The lowest BCUT2D eigenvalue weighted by atomic mass is 10.4. The summed E-state index contributed by atoms with van der Waals surface area (Å²) in [6, 6.07) is 1.01. The van der Waals surface area contributed by atoms with Gasteiger partial charge in [-0.25, -0.2) is 8.42 Å². The fourth-order valence-electron chi connectivity index (χ4n) is 1.16. The Bertz CT molecular complexity index is 514. The van der Waals surface area contributed by atoms with Crippen molar-refractivity contribution < 1.29 is 22.0 Å². The van der Waals surface area contributed by atoms with E-state index in [2.05, 4.69) is 10.6 Å². The largest absolute Gasteiger partial charge is 0.350 e. The van der Waals surface area contributed by atoms with Gasteiger partial charge in [0.25, 0.3) is 5.91 Å². The van der Waals surface area contributed by atoms with Gasteiger partial charge in [0.2, 0.25) is 9.84 Å². The van der Waals surface area contributed by atoms with Crippen LogP contribution in [0.4, 0.5) is 8.78 Å². The molecule has 0 atom stereocenters. The Morgan fingerprint density at radius 3 is 2.67 bits per heavy atom. The molecule has 0 bridgehead atoms. The number of carbonyl (C=O) groups excluding carboxylic acids is 1. The predicted molar refractivity (Wildman–Crippen MR) is 63.8 cm³/mol. The molecule has 1 rings (SSSR count). The summed E-state index contributed by atoms with van der Waals surface area (Å²) in [6.45, 7) is 0.773. The van der Waals surface area contributed by atoms with Gasteiger partial charge in [0.15, 0.2) is 0 Å². The second-order valence-corrected chi connectivity index (χ2v) is 6.08. The van der Waals surface area contributed by atoms with Crippen LogP contribution in [-0.4, -0.2) is 40.2 Å². The molecule has 5 nitrogen and oxygen atoms in total. The number of amides is 1. The summed E-state index contributed by atoms with van der Waals surface area (Å²) in [5.41, 5.74) is 0. The van der Waals surface area contributed by atoms with E-state index < -0.39 is 26.4 Å². The third-order valence-electron chi connectivity index (χ3n) is 2.04. The van der Waals surface area contributed by atoms with Crippen LogP contribution in [0.1, 0.15) is 9.67 Å². The minimum absolute atomic E-state index is 0.216. The molecule has 0 aliphatic heterocycles. The zero-order chi connectivity index (χ0) is 13.8. The molecule has 0 saturated carbocycles. The van der Waals surface area contributed by atoms with Crippen LogP contribution in [0.5, 0.6) is 0 Å². The molecule has 102 valence electrons. The minimum atomic E-state index is -4.74. The van der Waals surface area contributed by atoms with E-state index in [1.165, 1.54) is 5.38 Å². The first kappa shape index (κ1) is 15.0. The monoisotopic (exact) mass is 298 g/mol. The fraction of sp³-hybridized carbons (Fsp3) is 0.444. The van der Waals surface area contributed by atoms with Crippen LogP contribution in [0.15, 0.2) is 16.3 Å². The van der Waals surface area contributed by atoms with Gasteiger partial charge >= 0.3 is 5.76 Å². The van der Waals surface area contributed by atoms with E-state index in [-0.39, 0.29) is 11.4 Å². The lowest BCUT2D eigenvalue weighted by molar-refractivity contribution is 0.0955. The quantitative estimate of drug-likeness (QED) is 0.758. The van der Waals surface area contributed by atoms with E-state index in [1.54, 1.807) is 7.05 Å². The molecule has 0 fully saturated rings. The number of hydrogen-bond donors (Lipinski definition) is 2. The lowest BCUT2D eigenvalue weighted by Crippen LogP contribution is -2.30. The van der Waals surface area contributed by atoms with Gasteiger partial charge in [-0.05, 0) is 18.5 Å². The molecule has 0 aliphatic carbocycles. The van der Waals surface area contributed by atoms with E-state index in [0.717, 1.165) is 17.4 Å². The summed E-state index contributed by atoms with van der Waals surface area (Å²) in [5.74, 6) is -4.20. The van der Waals surface area contributed by atoms with E-state index in [1.807, 2.05) is 0 Å². The highest BCUT2D eigenvalue weighted by Crippen LogP contribution is 2.26. The summed E-state index contributed by atoms with van der Waals surface area (Å²) in [5, 5.41) is 6.51. The Labute approximate surface area is 107 Å². The summed E-state index contributed by atoms with van der Waals surface area (Å²) in [6.07, 6.45) is 0. The molecule has 0 spiro atoms. The average Bonchev–Trinajstić information content (AvgIpc) is 2.78. The predicted octanol–water partition coefficient (Wildman–Crippen LogP) is 0.694. The van der Waals surface area contributed by atoms with Gasteiger partial charge in [0.1, 0.15) is 4.88 Å². The summed E-state index contributed by atoms with van der Waals surface area (Å²) >= 11 is 0.815. The van der Waals surface area contributed by atoms with Crippen LogP contribution in [0.2, 0.25) is 0 Å². The number of alkyl halides is 2. The first-order valence-electron chi connectivity index (χ1n) is 4.93. The first-order valence-corrected chi connectivity index (χ1v) is 7.36. The highest BCUT2D eigenvalue weighted by Gasteiger charge is 2.31.